The van der Waals surface area contributed by atoms with E-state index in [4.69, 9.17) is 0 Å². The molecule has 120 valence electrons. The van der Waals surface area contributed by atoms with Gasteiger partial charge in [-0.05, 0) is 19.9 Å². The third-order valence-corrected chi connectivity index (χ3v) is 3.88. The summed E-state index contributed by atoms with van der Waals surface area (Å²) in [5.74, 6) is -2.18. The van der Waals surface area contributed by atoms with Gasteiger partial charge in [0.05, 0.1) is 0 Å². The molecule has 0 aromatic rings. The van der Waals surface area contributed by atoms with Gasteiger partial charge in [-0.25, -0.2) is 9.69 Å². The molecule has 0 aromatic carbocycles. The molecule has 2 rings (SSSR count). The summed E-state index contributed by atoms with van der Waals surface area (Å²) >= 11 is 0. The van der Waals surface area contributed by atoms with Gasteiger partial charge < -0.3 is 10.2 Å². The van der Waals surface area contributed by atoms with E-state index in [2.05, 4.69) is 11.9 Å². The molecule has 0 radical (unpaired) electrons. The first-order valence-corrected chi connectivity index (χ1v) is 7.23. The molecule has 5 amide bonds. The summed E-state index contributed by atoms with van der Waals surface area (Å²) in [5.41, 5.74) is 0. The van der Waals surface area contributed by atoms with Crippen LogP contribution in [0, 0.1) is 0 Å². The lowest BCUT2D eigenvalue weighted by Gasteiger charge is -2.26. The number of hydrogen-bond donors (Lipinski definition) is 1. The SMILES string of the molecule is C=CCN1C(=O)C(=O)N(CC(=O)N2CCCC2CNC)C1=O. The minimum absolute atomic E-state index is 0.0415. The Morgan fingerprint density at radius 2 is 2.00 bits per heavy atom. The summed E-state index contributed by atoms with van der Waals surface area (Å²) in [6.45, 7) is 4.27. The minimum Gasteiger partial charge on any atom is -0.337 e. The van der Waals surface area contributed by atoms with Gasteiger partial charge in [0.1, 0.15) is 6.54 Å². The van der Waals surface area contributed by atoms with E-state index in [0.29, 0.717) is 18.0 Å². The Bertz CT molecular complexity index is 519. The number of rotatable bonds is 6. The normalized spacial score (nSPS) is 22.0. The fourth-order valence-electron chi connectivity index (χ4n) is 2.82. The van der Waals surface area contributed by atoms with E-state index in [1.54, 1.807) is 11.9 Å². The van der Waals surface area contributed by atoms with Crippen LogP contribution in [0.1, 0.15) is 12.8 Å². The molecule has 2 fully saturated rings. The van der Waals surface area contributed by atoms with Gasteiger partial charge in [0.25, 0.3) is 0 Å². The summed E-state index contributed by atoms with van der Waals surface area (Å²) in [4.78, 5) is 51.1. The predicted molar refractivity (Wildman–Crippen MR) is 77.7 cm³/mol. The molecule has 8 heteroatoms. The maximum Gasteiger partial charge on any atom is 0.335 e. The summed E-state index contributed by atoms with van der Waals surface area (Å²) < 4.78 is 0. The summed E-state index contributed by atoms with van der Waals surface area (Å²) in [5, 5.41) is 3.02. The molecule has 2 aliphatic rings. The van der Waals surface area contributed by atoms with Crippen LogP contribution in [-0.2, 0) is 14.4 Å². The first kappa shape index (κ1) is 16.2. The Hall–Kier alpha value is -2.22. The molecule has 2 saturated heterocycles. The zero-order valence-corrected chi connectivity index (χ0v) is 12.6. The van der Waals surface area contributed by atoms with Crippen molar-refractivity contribution in [3.8, 4) is 0 Å². The Morgan fingerprint density at radius 3 is 2.64 bits per heavy atom. The predicted octanol–water partition coefficient (Wildman–Crippen LogP) is -0.826. The maximum atomic E-state index is 12.4. The Morgan fingerprint density at radius 1 is 1.32 bits per heavy atom. The molecule has 0 aromatic heterocycles. The second-order valence-electron chi connectivity index (χ2n) is 5.32. The number of carbonyl (C=O) groups is 4. The van der Waals surface area contributed by atoms with Crippen LogP contribution in [0.5, 0.6) is 0 Å². The topological polar surface area (TPSA) is 90.0 Å². The van der Waals surface area contributed by atoms with E-state index in [1.807, 2.05) is 0 Å². The lowest BCUT2D eigenvalue weighted by atomic mass is 10.2. The van der Waals surface area contributed by atoms with Crippen LogP contribution in [0.15, 0.2) is 12.7 Å². The van der Waals surface area contributed by atoms with E-state index in [1.165, 1.54) is 6.08 Å². The van der Waals surface area contributed by atoms with Crippen molar-refractivity contribution >= 4 is 23.8 Å². The minimum atomic E-state index is -0.954. The highest BCUT2D eigenvalue weighted by Gasteiger charge is 2.45. The maximum absolute atomic E-state index is 12.4. The summed E-state index contributed by atoms with van der Waals surface area (Å²) in [7, 11) is 1.81. The molecule has 22 heavy (non-hydrogen) atoms. The summed E-state index contributed by atoms with van der Waals surface area (Å²) in [6.07, 6.45) is 3.13. The zero-order chi connectivity index (χ0) is 16.3. The molecule has 0 spiro atoms. The van der Waals surface area contributed by atoms with E-state index < -0.39 is 24.4 Å². The first-order chi connectivity index (χ1) is 10.5. The molecule has 8 nitrogen and oxygen atoms in total. The molecular weight excluding hydrogens is 288 g/mol. The van der Waals surface area contributed by atoms with Gasteiger partial charge in [0, 0.05) is 25.7 Å². The molecule has 0 aliphatic carbocycles. The number of hydrogen-bond acceptors (Lipinski definition) is 5. The highest BCUT2D eigenvalue weighted by atomic mass is 16.2. The van der Waals surface area contributed by atoms with E-state index in [-0.39, 0.29) is 18.5 Å². The molecule has 0 saturated carbocycles. The van der Waals surface area contributed by atoms with Crippen molar-refractivity contribution in [1.82, 2.24) is 20.0 Å². The molecular formula is C14H20N4O4. The third kappa shape index (κ3) is 2.87. The molecule has 2 aliphatic heterocycles. The monoisotopic (exact) mass is 308 g/mol. The highest BCUT2D eigenvalue weighted by Crippen LogP contribution is 2.18. The van der Waals surface area contributed by atoms with Crippen LogP contribution in [0.2, 0.25) is 0 Å². The number of nitrogens with one attached hydrogen (secondary N) is 1. The van der Waals surface area contributed by atoms with Crippen LogP contribution in [0.25, 0.3) is 0 Å². The fraction of sp³-hybridized carbons (Fsp3) is 0.571. The number of carbonyl (C=O) groups excluding carboxylic acids is 4. The lowest BCUT2D eigenvalue weighted by molar-refractivity contribution is -0.144. The van der Waals surface area contributed by atoms with Crippen molar-refractivity contribution in [2.45, 2.75) is 18.9 Å². The van der Waals surface area contributed by atoms with Gasteiger partial charge in [-0.15, -0.1) is 6.58 Å². The van der Waals surface area contributed by atoms with Crippen molar-refractivity contribution < 1.29 is 19.2 Å². The van der Waals surface area contributed by atoms with Crippen LogP contribution >= 0.6 is 0 Å². The highest BCUT2D eigenvalue weighted by molar-refractivity contribution is 6.45. The smallest absolute Gasteiger partial charge is 0.335 e. The summed E-state index contributed by atoms with van der Waals surface area (Å²) in [6, 6.07) is -0.696. The molecule has 0 bridgehead atoms. The largest absolute Gasteiger partial charge is 0.337 e. The van der Waals surface area contributed by atoms with Crippen LogP contribution in [0.3, 0.4) is 0 Å². The van der Waals surface area contributed by atoms with E-state index in [0.717, 1.165) is 17.7 Å². The Labute approximate surface area is 128 Å². The Balaban J connectivity index is 2.05. The molecule has 1 unspecified atom stereocenters. The second kappa shape index (κ2) is 6.69. The fourth-order valence-corrected chi connectivity index (χ4v) is 2.82. The number of likely N-dealkylation sites (N-methyl/N-ethyl adjacent to an activating group) is 1. The quantitative estimate of drug-likeness (QED) is 0.393. The van der Waals surface area contributed by atoms with Crippen molar-refractivity contribution in [2.75, 3.05) is 33.2 Å². The number of imide groups is 2. The number of likely N-dealkylation sites (tertiary alicyclic amines) is 1. The van der Waals surface area contributed by atoms with Gasteiger partial charge in [-0.1, -0.05) is 6.08 Å². The molecule has 2 heterocycles. The second-order valence-corrected chi connectivity index (χ2v) is 5.32. The molecule has 1 atom stereocenters. The van der Waals surface area contributed by atoms with Crippen LogP contribution < -0.4 is 5.32 Å². The van der Waals surface area contributed by atoms with Gasteiger partial charge in [0.15, 0.2) is 0 Å². The zero-order valence-electron chi connectivity index (χ0n) is 12.6. The van der Waals surface area contributed by atoms with Crippen LogP contribution in [0.4, 0.5) is 4.79 Å². The lowest BCUT2D eigenvalue weighted by Crippen LogP contribution is -2.47. The van der Waals surface area contributed by atoms with Gasteiger partial charge >= 0.3 is 17.8 Å². The first-order valence-electron chi connectivity index (χ1n) is 7.23. The van der Waals surface area contributed by atoms with Crippen molar-refractivity contribution in [3.63, 3.8) is 0 Å². The van der Waals surface area contributed by atoms with E-state index in [9.17, 15) is 19.2 Å². The van der Waals surface area contributed by atoms with Crippen molar-refractivity contribution in [3.05, 3.63) is 12.7 Å². The van der Waals surface area contributed by atoms with Crippen LogP contribution in [-0.4, -0.2) is 77.7 Å². The van der Waals surface area contributed by atoms with E-state index >= 15 is 0 Å². The average Bonchev–Trinajstić information content (AvgIpc) is 3.03. The van der Waals surface area contributed by atoms with Gasteiger partial charge in [0.2, 0.25) is 5.91 Å². The van der Waals surface area contributed by atoms with Crippen molar-refractivity contribution in [1.29, 1.82) is 0 Å². The Kier molecular flexibility index (Phi) is 4.92. The van der Waals surface area contributed by atoms with Gasteiger partial charge in [-0.2, -0.15) is 0 Å². The standard InChI is InChI=1S/C14H20N4O4/c1-3-6-17-12(20)13(21)18(14(17)22)9-11(19)16-7-4-5-10(16)8-15-2/h3,10,15H,1,4-9H2,2H3. The van der Waals surface area contributed by atoms with Gasteiger partial charge in [-0.3, -0.25) is 19.3 Å². The number of urea groups is 1. The average molecular weight is 308 g/mol. The number of amides is 5. The number of nitrogens with zero attached hydrogens (tertiary/aromatic N) is 3. The molecule has 1 N–H and O–H groups in total. The third-order valence-electron chi connectivity index (χ3n) is 3.88. The van der Waals surface area contributed by atoms with Crippen molar-refractivity contribution in [2.24, 2.45) is 0 Å².